The summed E-state index contributed by atoms with van der Waals surface area (Å²) in [6.07, 6.45) is -2.74. The lowest BCUT2D eigenvalue weighted by Gasteiger charge is -2.14. The molecule has 0 aliphatic heterocycles. The number of amidine groups is 1. The third kappa shape index (κ3) is 4.19. The molecule has 0 saturated carbocycles. The summed E-state index contributed by atoms with van der Waals surface area (Å²) in [6.45, 7) is 0. The summed E-state index contributed by atoms with van der Waals surface area (Å²) < 4.78 is 38.1. The molecule has 1 atom stereocenters. The predicted molar refractivity (Wildman–Crippen MR) is 78.8 cm³/mol. The van der Waals surface area contributed by atoms with Gasteiger partial charge in [0.2, 0.25) is 0 Å². The van der Waals surface area contributed by atoms with Gasteiger partial charge >= 0.3 is 6.18 Å². The average Bonchev–Trinajstić information content (AvgIpc) is 2.54. The molecule has 0 spiro atoms. The van der Waals surface area contributed by atoms with Gasteiger partial charge in [0, 0.05) is 29.9 Å². The monoisotopic (exact) mass is 324 g/mol. The van der Waals surface area contributed by atoms with Crippen molar-refractivity contribution in [3.8, 4) is 0 Å². The number of oxime groups is 1. The normalized spacial score (nSPS) is 13.8. The van der Waals surface area contributed by atoms with Gasteiger partial charge in [0.15, 0.2) is 5.84 Å². The van der Waals surface area contributed by atoms with E-state index in [0.717, 1.165) is 12.1 Å². The minimum absolute atomic E-state index is 0.0776. The number of hydrogen-bond donors (Lipinski definition) is 3. The fourth-order valence-electron chi connectivity index (χ4n) is 2.04. The summed E-state index contributed by atoms with van der Waals surface area (Å²) in [5.74, 6) is -0.0776. The van der Waals surface area contributed by atoms with Crippen LogP contribution in [0.15, 0.2) is 47.8 Å². The van der Waals surface area contributed by atoms with Gasteiger partial charge in [-0.2, -0.15) is 13.2 Å². The molecule has 1 aromatic carbocycles. The summed E-state index contributed by atoms with van der Waals surface area (Å²) in [5, 5.41) is 11.4. The van der Waals surface area contributed by atoms with E-state index in [2.05, 4.69) is 10.1 Å². The van der Waals surface area contributed by atoms with Crippen LogP contribution in [-0.2, 0) is 12.6 Å². The topological polar surface area (TPSA) is 97.5 Å². The zero-order chi connectivity index (χ0) is 17.0. The lowest BCUT2D eigenvalue weighted by Crippen LogP contribution is -2.16. The Kier molecular flexibility index (Phi) is 4.85. The zero-order valence-electron chi connectivity index (χ0n) is 12.0. The summed E-state index contributed by atoms with van der Waals surface area (Å²) >= 11 is 0. The fourth-order valence-corrected chi connectivity index (χ4v) is 2.04. The third-order valence-corrected chi connectivity index (χ3v) is 3.30. The van der Waals surface area contributed by atoms with Crippen molar-refractivity contribution in [1.29, 1.82) is 0 Å². The second-order valence-corrected chi connectivity index (χ2v) is 4.96. The molecule has 1 unspecified atom stereocenters. The van der Waals surface area contributed by atoms with Gasteiger partial charge in [-0.25, -0.2) is 0 Å². The molecule has 2 rings (SSSR count). The first-order valence-electron chi connectivity index (χ1n) is 6.67. The van der Waals surface area contributed by atoms with Crippen LogP contribution in [0.3, 0.4) is 0 Å². The van der Waals surface area contributed by atoms with Crippen LogP contribution in [-0.4, -0.2) is 16.0 Å². The summed E-state index contributed by atoms with van der Waals surface area (Å²) in [4.78, 5) is 4.11. The van der Waals surface area contributed by atoms with E-state index in [4.69, 9.17) is 16.7 Å². The average molecular weight is 324 g/mol. The van der Waals surface area contributed by atoms with Crippen LogP contribution in [0.25, 0.3) is 0 Å². The van der Waals surface area contributed by atoms with Gasteiger partial charge in [-0.1, -0.05) is 17.3 Å². The second kappa shape index (κ2) is 6.66. The quantitative estimate of drug-likeness (QED) is 0.348. The molecule has 0 aliphatic rings. The first-order valence-corrected chi connectivity index (χ1v) is 6.67. The van der Waals surface area contributed by atoms with Gasteiger partial charge < -0.3 is 16.7 Å². The Bertz CT molecular complexity index is 699. The molecule has 0 bridgehead atoms. The number of benzene rings is 1. The maximum Gasteiger partial charge on any atom is 0.416 e. The van der Waals surface area contributed by atoms with Crippen molar-refractivity contribution in [2.75, 3.05) is 0 Å². The van der Waals surface area contributed by atoms with E-state index < -0.39 is 17.8 Å². The van der Waals surface area contributed by atoms with Crippen LogP contribution in [0.1, 0.15) is 28.4 Å². The van der Waals surface area contributed by atoms with Crippen molar-refractivity contribution < 1.29 is 18.4 Å². The molecule has 0 saturated heterocycles. The molecule has 0 aliphatic carbocycles. The number of alkyl halides is 3. The van der Waals surface area contributed by atoms with Crippen LogP contribution >= 0.6 is 0 Å². The van der Waals surface area contributed by atoms with Crippen LogP contribution in [0.2, 0.25) is 0 Å². The van der Waals surface area contributed by atoms with E-state index >= 15 is 0 Å². The smallest absolute Gasteiger partial charge is 0.409 e. The van der Waals surface area contributed by atoms with Gasteiger partial charge in [0.25, 0.3) is 0 Å². The number of nitrogens with zero attached hydrogens (tertiary/aromatic N) is 2. The molecule has 0 radical (unpaired) electrons. The Morgan fingerprint density at radius 3 is 2.57 bits per heavy atom. The van der Waals surface area contributed by atoms with Gasteiger partial charge in [-0.15, -0.1) is 0 Å². The number of nitrogens with two attached hydrogens (primary N) is 2. The SMILES string of the molecule is NC(=NO)c1ccc(CC(N)c2cccc(C(F)(F)F)c2)nc1. The second-order valence-electron chi connectivity index (χ2n) is 4.96. The zero-order valence-corrected chi connectivity index (χ0v) is 12.0. The third-order valence-electron chi connectivity index (χ3n) is 3.30. The Morgan fingerprint density at radius 1 is 1.26 bits per heavy atom. The molecule has 8 heteroatoms. The Morgan fingerprint density at radius 2 is 2.00 bits per heavy atom. The van der Waals surface area contributed by atoms with Crippen molar-refractivity contribution in [3.05, 3.63) is 65.0 Å². The van der Waals surface area contributed by atoms with Crippen LogP contribution < -0.4 is 11.5 Å². The standard InChI is InChI=1S/C15H15F3N4O/c16-15(17,18)11-3-1-2-9(6-11)13(19)7-12-5-4-10(8-21-12)14(20)22-23/h1-6,8,13,23H,7,19H2,(H2,20,22). The van der Waals surface area contributed by atoms with Crippen LogP contribution in [0.5, 0.6) is 0 Å². The lowest BCUT2D eigenvalue weighted by atomic mass is 10.00. The molecule has 5 nitrogen and oxygen atoms in total. The first kappa shape index (κ1) is 16.8. The van der Waals surface area contributed by atoms with Crippen molar-refractivity contribution in [3.63, 3.8) is 0 Å². The number of aromatic nitrogens is 1. The maximum atomic E-state index is 12.7. The highest BCUT2D eigenvalue weighted by Gasteiger charge is 2.30. The molecule has 0 amide bonds. The van der Waals surface area contributed by atoms with E-state index in [1.54, 1.807) is 18.2 Å². The summed E-state index contributed by atoms with van der Waals surface area (Å²) in [7, 11) is 0. The first-order chi connectivity index (χ1) is 10.8. The van der Waals surface area contributed by atoms with Crippen molar-refractivity contribution in [2.24, 2.45) is 16.6 Å². The van der Waals surface area contributed by atoms with Crippen LogP contribution in [0.4, 0.5) is 13.2 Å². The Hall–Kier alpha value is -2.61. The molecule has 1 heterocycles. The molecule has 5 N–H and O–H groups in total. The van der Waals surface area contributed by atoms with Crippen molar-refractivity contribution in [2.45, 2.75) is 18.6 Å². The molecular weight excluding hydrogens is 309 g/mol. The van der Waals surface area contributed by atoms with E-state index in [-0.39, 0.29) is 12.3 Å². The summed E-state index contributed by atoms with van der Waals surface area (Å²) in [5.41, 5.74) is 12.1. The molecule has 0 fully saturated rings. The van der Waals surface area contributed by atoms with Gasteiger partial charge in [0.1, 0.15) is 0 Å². The molecular formula is C15H15F3N4O. The van der Waals surface area contributed by atoms with Gasteiger partial charge in [-0.3, -0.25) is 4.98 Å². The van der Waals surface area contributed by atoms with Gasteiger partial charge in [0.05, 0.1) is 5.56 Å². The Balaban J connectivity index is 2.14. The maximum absolute atomic E-state index is 12.7. The highest BCUT2D eigenvalue weighted by Crippen LogP contribution is 2.30. The summed E-state index contributed by atoms with van der Waals surface area (Å²) in [6, 6.07) is 7.50. The predicted octanol–water partition coefficient (Wildman–Crippen LogP) is 2.44. The highest BCUT2D eigenvalue weighted by atomic mass is 19.4. The minimum atomic E-state index is -4.41. The lowest BCUT2D eigenvalue weighted by molar-refractivity contribution is -0.137. The van der Waals surface area contributed by atoms with E-state index in [1.165, 1.54) is 12.3 Å². The fraction of sp³-hybridized carbons (Fsp3) is 0.200. The molecule has 2 aromatic rings. The van der Waals surface area contributed by atoms with E-state index in [1.807, 2.05) is 0 Å². The minimum Gasteiger partial charge on any atom is -0.409 e. The van der Waals surface area contributed by atoms with E-state index in [0.29, 0.717) is 16.8 Å². The van der Waals surface area contributed by atoms with Crippen LogP contribution in [0, 0.1) is 0 Å². The molecule has 122 valence electrons. The largest absolute Gasteiger partial charge is 0.416 e. The number of rotatable bonds is 4. The molecule has 23 heavy (non-hydrogen) atoms. The van der Waals surface area contributed by atoms with Crippen molar-refractivity contribution >= 4 is 5.84 Å². The number of halogens is 3. The highest BCUT2D eigenvalue weighted by molar-refractivity contribution is 5.96. The number of pyridine rings is 1. The number of hydrogen-bond acceptors (Lipinski definition) is 4. The van der Waals surface area contributed by atoms with E-state index in [9.17, 15) is 13.2 Å². The van der Waals surface area contributed by atoms with Gasteiger partial charge in [-0.05, 0) is 29.8 Å². The molecule has 1 aromatic heterocycles. The Labute approximate surface area is 130 Å². The van der Waals surface area contributed by atoms with Crippen molar-refractivity contribution in [1.82, 2.24) is 4.98 Å².